The molecule has 0 aliphatic rings. The van der Waals surface area contributed by atoms with Crippen LogP contribution in [0.1, 0.15) is 12.6 Å². The van der Waals surface area contributed by atoms with E-state index in [1.54, 1.807) is 12.3 Å². The molecule has 8 heteroatoms. The van der Waals surface area contributed by atoms with E-state index >= 15 is 0 Å². The van der Waals surface area contributed by atoms with Gasteiger partial charge in [-0.3, -0.25) is 4.79 Å². The lowest BCUT2D eigenvalue weighted by molar-refractivity contribution is -0.114. The number of aryl methyl sites for hydroxylation is 1. The second-order valence-electron chi connectivity index (χ2n) is 5.32. The van der Waals surface area contributed by atoms with Gasteiger partial charge >= 0.3 is 0 Å². The molecule has 3 N–H and O–H groups in total. The summed E-state index contributed by atoms with van der Waals surface area (Å²) in [6.45, 7) is 3.36. The van der Waals surface area contributed by atoms with Gasteiger partial charge in [-0.15, -0.1) is 0 Å². The third-order valence-corrected chi connectivity index (χ3v) is 3.15. The molecule has 1 amide bonds. The van der Waals surface area contributed by atoms with Gasteiger partial charge in [0.25, 0.3) is 0 Å². The third-order valence-electron chi connectivity index (χ3n) is 3.15. The normalized spacial score (nSPS) is 10.2. The van der Waals surface area contributed by atoms with Gasteiger partial charge in [0.05, 0.1) is 0 Å². The number of nitrogens with zero attached hydrogens (tertiary/aromatic N) is 4. The van der Waals surface area contributed by atoms with E-state index in [1.807, 2.05) is 37.3 Å². The summed E-state index contributed by atoms with van der Waals surface area (Å²) in [5.74, 6) is 1.60. The summed E-state index contributed by atoms with van der Waals surface area (Å²) in [6, 6.07) is 10.9. The van der Waals surface area contributed by atoms with Gasteiger partial charge in [0.2, 0.25) is 11.9 Å². The van der Waals surface area contributed by atoms with Crippen molar-refractivity contribution in [1.82, 2.24) is 19.9 Å². The maximum absolute atomic E-state index is 11.1. The molecule has 3 rings (SSSR count). The molecule has 0 aliphatic carbocycles. The SMILES string of the molecule is CC(=O)Nc1ccc(Nc2cc(C)nc(Nc3ccncn3)n2)cc1. The maximum Gasteiger partial charge on any atom is 0.230 e. The highest BCUT2D eigenvalue weighted by Crippen LogP contribution is 2.20. The zero-order valence-electron chi connectivity index (χ0n) is 13.8. The number of hydrogen-bond acceptors (Lipinski definition) is 7. The molecule has 25 heavy (non-hydrogen) atoms. The molecule has 126 valence electrons. The molecule has 2 aromatic heterocycles. The van der Waals surface area contributed by atoms with E-state index in [0.29, 0.717) is 17.6 Å². The van der Waals surface area contributed by atoms with Crippen LogP contribution in [0, 0.1) is 6.92 Å². The van der Waals surface area contributed by atoms with Gasteiger partial charge in [-0.2, -0.15) is 4.98 Å². The number of hydrogen-bond donors (Lipinski definition) is 3. The second kappa shape index (κ2) is 7.35. The molecule has 2 heterocycles. The lowest BCUT2D eigenvalue weighted by atomic mass is 10.2. The minimum Gasteiger partial charge on any atom is -0.340 e. The molecule has 0 aliphatic heterocycles. The summed E-state index contributed by atoms with van der Waals surface area (Å²) in [4.78, 5) is 27.8. The van der Waals surface area contributed by atoms with Crippen LogP contribution in [-0.4, -0.2) is 25.8 Å². The van der Waals surface area contributed by atoms with E-state index < -0.39 is 0 Å². The van der Waals surface area contributed by atoms with Gasteiger partial charge in [0.15, 0.2) is 0 Å². The van der Waals surface area contributed by atoms with Crippen LogP contribution in [0.2, 0.25) is 0 Å². The van der Waals surface area contributed by atoms with Crippen LogP contribution in [-0.2, 0) is 4.79 Å². The summed E-state index contributed by atoms with van der Waals surface area (Å²) < 4.78 is 0. The van der Waals surface area contributed by atoms with Crippen LogP contribution >= 0.6 is 0 Å². The van der Waals surface area contributed by atoms with E-state index in [1.165, 1.54) is 13.3 Å². The van der Waals surface area contributed by atoms with Crippen LogP contribution in [0.25, 0.3) is 0 Å². The van der Waals surface area contributed by atoms with Crippen LogP contribution < -0.4 is 16.0 Å². The van der Waals surface area contributed by atoms with E-state index in [2.05, 4.69) is 35.9 Å². The van der Waals surface area contributed by atoms with Crippen molar-refractivity contribution >= 4 is 34.9 Å². The van der Waals surface area contributed by atoms with Crippen molar-refractivity contribution in [3.05, 3.63) is 54.6 Å². The number of aromatic nitrogens is 4. The first-order valence-electron chi connectivity index (χ1n) is 7.62. The van der Waals surface area contributed by atoms with Crippen molar-refractivity contribution in [2.45, 2.75) is 13.8 Å². The Morgan fingerprint density at radius 2 is 1.72 bits per heavy atom. The molecular weight excluding hydrogens is 318 g/mol. The molecule has 0 radical (unpaired) electrons. The van der Waals surface area contributed by atoms with E-state index in [0.717, 1.165) is 17.1 Å². The maximum atomic E-state index is 11.1. The molecule has 0 bridgehead atoms. The molecule has 3 aromatic rings. The molecule has 0 atom stereocenters. The van der Waals surface area contributed by atoms with Crippen LogP contribution in [0.3, 0.4) is 0 Å². The van der Waals surface area contributed by atoms with Gasteiger partial charge in [-0.05, 0) is 37.3 Å². The van der Waals surface area contributed by atoms with Crippen molar-refractivity contribution in [2.24, 2.45) is 0 Å². The summed E-state index contributed by atoms with van der Waals surface area (Å²) in [7, 11) is 0. The number of nitrogens with one attached hydrogen (secondary N) is 3. The Bertz CT molecular complexity index is 866. The minimum absolute atomic E-state index is 0.104. The highest BCUT2D eigenvalue weighted by molar-refractivity contribution is 5.88. The first-order valence-corrected chi connectivity index (χ1v) is 7.62. The highest BCUT2D eigenvalue weighted by Gasteiger charge is 2.04. The molecule has 1 aromatic carbocycles. The zero-order chi connectivity index (χ0) is 17.6. The zero-order valence-corrected chi connectivity index (χ0v) is 13.8. The quantitative estimate of drug-likeness (QED) is 0.658. The Hall–Kier alpha value is -3.55. The van der Waals surface area contributed by atoms with Gasteiger partial charge in [0, 0.05) is 36.3 Å². The predicted octanol–water partition coefficient (Wildman–Crippen LogP) is 3.02. The Morgan fingerprint density at radius 1 is 0.960 bits per heavy atom. The first-order chi connectivity index (χ1) is 12.1. The highest BCUT2D eigenvalue weighted by atomic mass is 16.1. The molecule has 0 spiro atoms. The van der Waals surface area contributed by atoms with Crippen LogP contribution in [0.5, 0.6) is 0 Å². The minimum atomic E-state index is -0.104. The van der Waals surface area contributed by atoms with Crippen molar-refractivity contribution < 1.29 is 4.79 Å². The lowest BCUT2D eigenvalue weighted by Gasteiger charge is -2.10. The average molecular weight is 335 g/mol. The summed E-state index contributed by atoms with van der Waals surface area (Å²) >= 11 is 0. The number of rotatable bonds is 5. The largest absolute Gasteiger partial charge is 0.340 e. The van der Waals surface area contributed by atoms with Gasteiger partial charge in [-0.1, -0.05) is 0 Å². The molecule has 0 saturated carbocycles. The van der Waals surface area contributed by atoms with Crippen LogP contribution in [0.15, 0.2) is 48.9 Å². The van der Waals surface area contributed by atoms with Crippen LogP contribution in [0.4, 0.5) is 29.0 Å². The molecule has 0 saturated heterocycles. The van der Waals surface area contributed by atoms with Gasteiger partial charge in [0.1, 0.15) is 18.0 Å². The standard InChI is InChI=1S/C17H17N7O/c1-11-9-16(22-14-5-3-13(4-6-14)21-12(2)25)24-17(20-11)23-15-7-8-18-10-19-15/h3-10H,1-2H3,(H,21,25)(H2,18,19,20,22,23,24). The topological polar surface area (TPSA) is 105 Å². The Balaban J connectivity index is 1.75. The Morgan fingerprint density at radius 3 is 2.40 bits per heavy atom. The van der Waals surface area contributed by atoms with Gasteiger partial charge < -0.3 is 16.0 Å². The molecule has 0 unspecified atom stereocenters. The molecular formula is C17H17N7O. The van der Waals surface area contributed by atoms with Crippen molar-refractivity contribution in [3.63, 3.8) is 0 Å². The summed E-state index contributed by atoms with van der Waals surface area (Å²) in [6.07, 6.45) is 3.09. The summed E-state index contributed by atoms with van der Waals surface area (Å²) in [5.41, 5.74) is 2.40. The smallest absolute Gasteiger partial charge is 0.230 e. The fourth-order valence-electron chi connectivity index (χ4n) is 2.16. The average Bonchev–Trinajstić information content (AvgIpc) is 2.56. The Kier molecular flexibility index (Phi) is 4.79. The van der Waals surface area contributed by atoms with Crippen molar-refractivity contribution in [2.75, 3.05) is 16.0 Å². The fraction of sp³-hybridized carbons (Fsp3) is 0.118. The number of carbonyl (C=O) groups is 1. The third kappa shape index (κ3) is 4.71. The number of anilines is 5. The predicted molar refractivity (Wildman–Crippen MR) is 96.1 cm³/mol. The van der Waals surface area contributed by atoms with Gasteiger partial charge in [-0.25, -0.2) is 15.0 Å². The fourth-order valence-corrected chi connectivity index (χ4v) is 2.16. The summed E-state index contributed by atoms with van der Waals surface area (Å²) in [5, 5.41) is 8.98. The van der Waals surface area contributed by atoms with E-state index in [4.69, 9.17) is 0 Å². The van der Waals surface area contributed by atoms with Crippen molar-refractivity contribution in [3.8, 4) is 0 Å². The number of benzene rings is 1. The van der Waals surface area contributed by atoms with Crippen molar-refractivity contribution in [1.29, 1.82) is 0 Å². The monoisotopic (exact) mass is 335 g/mol. The van der Waals surface area contributed by atoms with E-state index in [9.17, 15) is 4.79 Å². The lowest BCUT2D eigenvalue weighted by Crippen LogP contribution is -2.05. The number of amides is 1. The van der Waals surface area contributed by atoms with E-state index in [-0.39, 0.29) is 5.91 Å². The molecule has 8 nitrogen and oxygen atoms in total. The number of carbonyl (C=O) groups excluding carboxylic acids is 1. The Labute approximate surface area is 144 Å². The molecule has 0 fully saturated rings. The first kappa shape index (κ1) is 16.3. The second-order valence-corrected chi connectivity index (χ2v) is 5.32.